The molecule has 3 heterocycles. The Balaban J connectivity index is 1.64. The highest BCUT2D eigenvalue weighted by Gasteiger charge is 2.22. The molecule has 2 aromatic rings. The highest BCUT2D eigenvalue weighted by Crippen LogP contribution is 2.18. The number of imidazole rings is 2. The van der Waals surface area contributed by atoms with Crippen LogP contribution in [-0.2, 0) is 17.9 Å². The van der Waals surface area contributed by atoms with E-state index < -0.39 is 0 Å². The normalized spacial score (nSPS) is 15.8. The molecular formula is C15H22N6O. The second-order valence-electron chi connectivity index (χ2n) is 5.72. The zero-order valence-electron chi connectivity index (χ0n) is 12.6. The van der Waals surface area contributed by atoms with E-state index in [0.29, 0.717) is 25.4 Å². The number of carbonyl (C=O) groups is 1. The fourth-order valence-electron chi connectivity index (χ4n) is 2.82. The van der Waals surface area contributed by atoms with Gasteiger partial charge in [0.05, 0.1) is 13.1 Å². The molecule has 0 aliphatic carbocycles. The fraction of sp³-hybridized carbons (Fsp3) is 0.533. The maximum absolute atomic E-state index is 12.7. The molecule has 1 saturated heterocycles. The minimum atomic E-state index is 0.166. The van der Waals surface area contributed by atoms with Crippen molar-refractivity contribution in [1.29, 1.82) is 0 Å². The number of hydrogen-bond donors (Lipinski definition) is 3. The lowest BCUT2D eigenvalue weighted by Crippen LogP contribution is -2.35. The summed E-state index contributed by atoms with van der Waals surface area (Å²) in [7, 11) is 0. The zero-order valence-corrected chi connectivity index (χ0v) is 12.6. The van der Waals surface area contributed by atoms with E-state index in [4.69, 9.17) is 0 Å². The molecule has 1 amide bonds. The van der Waals surface area contributed by atoms with Crippen molar-refractivity contribution < 1.29 is 4.79 Å². The van der Waals surface area contributed by atoms with Crippen molar-refractivity contribution in [3.05, 3.63) is 36.4 Å². The van der Waals surface area contributed by atoms with Crippen molar-refractivity contribution in [1.82, 2.24) is 30.2 Å². The van der Waals surface area contributed by atoms with Gasteiger partial charge in [-0.05, 0) is 31.8 Å². The van der Waals surface area contributed by atoms with Crippen LogP contribution in [0.4, 0.5) is 0 Å². The second-order valence-corrected chi connectivity index (χ2v) is 5.72. The summed E-state index contributed by atoms with van der Waals surface area (Å²) in [6, 6.07) is 0. The quantitative estimate of drug-likeness (QED) is 0.744. The zero-order chi connectivity index (χ0) is 15.2. The standard InChI is InChI=1S/C15H22N6O/c22-15(9-12-1-3-16-4-2-12)21(10-13-17-5-6-18-13)11-14-19-7-8-20-14/h5-8,12,16H,1-4,9-11H2,(H,17,18)(H,19,20). The Morgan fingerprint density at radius 1 is 1.09 bits per heavy atom. The number of rotatable bonds is 6. The highest BCUT2D eigenvalue weighted by atomic mass is 16.2. The van der Waals surface area contributed by atoms with E-state index in [0.717, 1.165) is 37.6 Å². The smallest absolute Gasteiger partial charge is 0.223 e. The molecule has 1 aliphatic heterocycles. The van der Waals surface area contributed by atoms with Crippen LogP contribution in [0.1, 0.15) is 30.9 Å². The van der Waals surface area contributed by atoms with Crippen LogP contribution >= 0.6 is 0 Å². The molecule has 0 saturated carbocycles. The minimum Gasteiger partial charge on any atom is -0.347 e. The average molecular weight is 302 g/mol. The topological polar surface area (TPSA) is 89.7 Å². The van der Waals surface area contributed by atoms with Gasteiger partial charge in [0.1, 0.15) is 11.6 Å². The van der Waals surface area contributed by atoms with Crippen LogP contribution in [0, 0.1) is 5.92 Å². The predicted molar refractivity (Wildman–Crippen MR) is 81.6 cm³/mol. The first-order valence-electron chi connectivity index (χ1n) is 7.76. The molecule has 0 radical (unpaired) electrons. The van der Waals surface area contributed by atoms with Crippen molar-refractivity contribution in [3.8, 4) is 0 Å². The van der Waals surface area contributed by atoms with Crippen LogP contribution in [0.3, 0.4) is 0 Å². The Bertz CT molecular complexity index is 523. The molecule has 1 aliphatic rings. The van der Waals surface area contributed by atoms with Crippen LogP contribution in [0.5, 0.6) is 0 Å². The number of H-pyrrole nitrogens is 2. The van der Waals surface area contributed by atoms with E-state index in [1.165, 1.54) is 0 Å². The molecule has 7 nitrogen and oxygen atoms in total. The molecule has 7 heteroatoms. The monoisotopic (exact) mass is 302 g/mol. The maximum atomic E-state index is 12.7. The Morgan fingerprint density at radius 3 is 2.18 bits per heavy atom. The summed E-state index contributed by atoms with van der Waals surface area (Å²) in [4.78, 5) is 29.1. The molecule has 3 rings (SSSR count). The maximum Gasteiger partial charge on any atom is 0.223 e. The van der Waals surface area contributed by atoms with Crippen molar-refractivity contribution in [2.75, 3.05) is 13.1 Å². The summed E-state index contributed by atoms with van der Waals surface area (Å²) in [5.74, 6) is 2.24. The fourth-order valence-corrected chi connectivity index (χ4v) is 2.82. The minimum absolute atomic E-state index is 0.166. The molecule has 0 aromatic carbocycles. The molecule has 0 spiro atoms. The molecule has 1 fully saturated rings. The number of nitrogens with one attached hydrogen (secondary N) is 3. The van der Waals surface area contributed by atoms with Crippen molar-refractivity contribution in [2.45, 2.75) is 32.4 Å². The van der Waals surface area contributed by atoms with Gasteiger partial charge in [0.2, 0.25) is 5.91 Å². The molecule has 118 valence electrons. The Morgan fingerprint density at radius 2 is 1.68 bits per heavy atom. The molecular weight excluding hydrogens is 280 g/mol. The second kappa shape index (κ2) is 7.22. The summed E-state index contributed by atoms with van der Waals surface area (Å²) in [5.41, 5.74) is 0. The molecule has 2 aromatic heterocycles. The first kappa shape index (κ1) is 14.8. The van der Waals surface area contributed by atoms with Gasteiger partial charge in [-0.25, -0.2) is 9.97 Å². The summed E-state index contributed by atoms with van der Waals surface area (Å²) in [5, 5.41) is 3.34. The number of aromatic nitrogens is 4. The van der Waals surface area contributed by atoms with E-state index >= 15 is 0 Å². The van der Waals surface area contributed by atoms with Crippen LogP contribution < -0.4 is 5.32 Å². The first-order chi connectivity index (χ1) is 10.8. The third kappa shape index (κ3) is 3.94. The Labute approximate surface area is 129 Å². The SMILES string of the molecule is O=C(CC1CCNCC1)N(Cc1ncc[nH]1)Cc1ncc[nH]1. The van der Waals surface area contributed by atoms with Gasteiger partial charge >= 0.3 is 0 Å². The molecule has 22 heavy (non-hydrogen) atoms. The molecule has 3 N–H and O–H groups in total. The lowest BCUT2D eigenvalue weighted by atomic mass is 9.94. The number of hydrogen-bond acceptors (Lipinski definition) is 4. The number of aromatic amines is 2. The van der Waals surface area contributed by atoms with Gasteiger partial charge < -0.3 is 20.2 Å². The van der Waals surface area contributed by atoms with Crippen molar-refractivity contribution in [2.24, 2.45) is 5.92 Å². The molecule has 0 bridgehead atoms. The first-order valence-corrected chi connectivity index (χ1v) is 7.76. The van der Waals surface area contributed by atoms with Gasteiger partial charge in [0, 0.05) is 31.2 Å². The summed E-state index contributed by atoms with van der Waals surface area (Å²) in [6.07, 6.45) is 9.70. The van der Waals surface area contributed by atoms with Gasteiger partial charge in [-0.2, -0.15) is 0 Å². The number of piperidine rings is 1. The number of nitrogens with zero attached hydrogens (tertiary/aromatic N) is 3. The third-order valence-electron chi connectivity index (χ3n) is 4.07. The molecule has 0 unspecified atom stereocenters. The predicted octanol–water partition coefficient (Wildman–Crippen LogP) is 1.05. The van der Waals surface area contributed by atoms with E-state index in [1.807, 2.05) is 4.90 Å². The van der Waals surface area contributed by atoms with Gasteiger partial charge in [-0.15, -0.1) is 0 Å². The van der Waals surface area contributed by atoms with Gasteiger partial charge in [0.15, 0.2) is 0 Å². The van der Waals surface area contributed by atoms with Crippen LogP contribution in [0.25, 0.3) is 0 Å². The van der Waals surface area contributed by atoms with Crippen LogP contribution in [-0.4, -0.2) is 43.8 Å². The highest BCUT2D eigenvalue weighted by molar-refractivity contribution is 5.76. The van der Waals surface area contributed by atoms with Crippen molar-refractivity contribution in [3.63, 3.8) is 0 Å². The lowest BCUT2D eigenvalue weighted by molar-refractivity contribution is -0.133. The lowest BCUT2D eigenvalue weighted by Gasteiger charge is -2.26. The largest absolute Gasteiger partial charge is 0.347 e. The van der Waals surface area contributed by atoms with Gasteiger partial charge in [0.25, 0.3) is 0 Å². The van der Waals surface area contributed by atoms with E-state index in [2.05, 4.69) is 25.3 Å². The van der Waals surface area contributed by atoms with Gasteiger partial charge in [-0.1, -0.05) is 0 Å². The van der Waals surface area contributed by atoms with E-state index in [-0.39, 0.29) is 5.91 Å². The average Bonchev–Trinajstić information content (AvgIpc) is 3.21. The summed E-state index contributed by atoms with van der Waals surface area (Å²) in [6.45, 7) is 2.98. The number of amides is 1. The van der Waals surface area contributed by atoms with Crippen LogP contribution in [0.15, 0.2) is 24.8 Å². The van der Waals surface area contributed by atoms with Crippen molar-refractivity contribution >= 4 is 5.91 Å². The Kier molecular flexibility index (Phi) is 4.85. The Hall–Kier alpha value is -2.15. The third-order valence-corrected chi connectivity index (χ3v) is 4.07. The van der Waals surface area contributed by atoms with Gasteiger partial charge in [-0.3, -0.25) is 4.79 Å². The summed E-state index contributed by atoms with van der Waals surface area (Å²) < 4.78 is 0. The van der Waals surface area contributed by atoms with E-state index in [1.54, 1.807) is 24.8 Å². The van der Waals surface area contributed by atoms with Crippen LogP contribution in [0.2, 0.25) is 0 Å². The number of carbonyl (C=O) groups excluding carboxylic acids is 1. The van der Waals surface area contributed by atoms with E-state index in [9.17, 15) is 4.79 Å². The molecule has 0 atom stereocenters. The summed E-state index contributed by atoms with van der Waals surface area (Å²) >= 11 is 0.